The fraction of sp³-hybridized carbons (Fsp3) is 0.636. The molecular formula is C11H16F3N3. The van der Waals surface area contributed by atoms with Gasteiger partial charge in [0.25, 0.3) is 0 Å². The zero-order chi connectivity index (χ0) is 13.1. The van der Waals surface area contributed by atoms with Gasteiger partial charge < -0.3 is 5.32 Å². The molecule has 0 aliphatic carbocycles. The first-order chi connectivity index (χ1) is 7.74. The maximum Gasteiger partial charge on any atom is 0.435 e. The third kappa shape index (κ3) is 4.20. The first-order valence-corrected chi connectivity index (χ1v) is 5.44. The molecule has 0 spiro atoms. The minimum absolute atomic E-state index is 0.205. The second-order valence-corrected chi connectivity index (χ2v) is 4.56. The first-order valence-electron chi connectivity index (χ1n) is 5.44. The molecule has 6 heteroatoms. The third-order valence-corrected chi connectivity index (χ3v) is 2.30. The topological polar surface area (TPSA) is 37.8 Å². The molecule has 96 valence electrons. The molecule has 0 amide bonds. The summed E-state index contributed by atoms with van der Waals surface area (Å²) < 4.78 is 36.8. The highest BCUT2D eigenvalue weighted by atomic mass is 19.4. The van der Waals surface area contributed by atoms with Crippen LogP contribution in [0.2, 0.25) is 0 Å². The molecule has 0 atom stereocenters. The Bertz CT molecular complexity index is 357. The van der Waals surface area contributed by atoms with Crippen LogP contribution in [0.15, 0.2) is 12.1 Å². The molecule has 1 aromatic heterocycles. The normalized spacial score (nSPS) is 12.6. The molecule has 1 aromatic rings. The number of hydrogen-bond donors (Lipinski definition) is 1. The van der Waals surface area contributed by atoms with E-state index in [0.717, 1.165) is 18.9 Å². The fourth-order valence-corrected chi connectivity index (χ4v) is 1.58. The number of aromatic nitrogens is 2. The van der Waals surface area contributed by atoms with Crippen molar-refractivity contribution in [2.45, 2.75) is 45.3 Å². The molecule has 0 aliphatic rings. The SMILES string of the molecule is CCCC(C)(C)Nc1ccc(C(F)(F)F)nn1. The van der Waals surface area contributed by atoms with Crippen LogP contribution in [0.25, 0.3) is 0 Å². The Kier molecular flexibility index (Phi) is 3.95. The van der Waals surface area contributed by atoms with Crippen molar-refractivity contribution in [1.82, 2.24) is 10.2 Å². The number of halogens is 3. The van der Waals surface area contributed by atoms with Crippen LogP contribution in [0, 0.1) is 0 Å². The Morgan fingerprint density at radius 1 is 1.18 bits per heavy atom. The van der Waals surface area contributed by atoms with Crippen molar-refractivity contribution in [2.24, 2.45) is 0 Å². The average molecular weight is 247 g/mol. The van der Waals surface area contributed by atoms with Crippen molar-refractivity contribution in [3.8, 4) is 0 Å². The predicted molar refractivity (Wildman–Crippen MR) is 59.6 cm³/mol. The van der Waals surface area contributed by atoms with E-state index in [1.165, 1.54) is 6.07 Å². The van der Waals surface area contributed by atoms with E-state index in [9.17, 15) is 13.2 Å². The van der Waals surface area contributed by atoms with E-state index in [1.54, 1.807) is 0 Å². The van der Waals surface area contributed by atoms with Crippen LogP contribution in [-0.2, 0) is 6.18 Å². The second kappa shape index (κ2) is 4.89. The fourth-order valence-electron chi connectivity index (χ4n) is 1.58. The average Bonchev–Trinajstić information content (AvgIpc) is 2.16. The highest BCUT2D eigenvalue weighted by molar-refractivity contribution is 5.36. The van der Waals surface area contributed by atoms with E-state index < -0.39 is 11.9 Å². The van der Waals surface area contributed by atoms with Crippen molar-refractivity contribution in [3.63, 3.8) is 0 Å². The van der Waals surface area contributed by atoms with E-state index >= 15 is 0 Å². The van der Waals surface area contributed by atoms with Crippen LogP contribution in [0.3, 0.4) is 0 Å². The van der Waals surface area contributed by atoms with E-state index in [0.29, 0.717) is 5.82 Å². The van der Waals surface area contributed by atoms with Crippen LogP contribution in [0.4, 0.5) is 19.0 Å². The smallest absolute Gasteiger partial charge is 0.364 e. The van der Waals surface area contributed by atoms with Crippen molar-refractivity contribution in [1.29, 1.82) is 0 Å². The maximum absolute atomic E-state index is 12.3. The van der Waals surface area contributed by atoms with Crippen LogP contribution in [0.1, 0.15) is 39.3 Å². The van der Waals surface area contributed by atoms with Gasteiger partial charge >= 0.3 is 6.18 Å². The van der Waals surface area contributed by atoms with Gasteiger partial charge in [-0.2, -0.15) is 13.2 Å². The Balaban J connectivity index is 2.75. The van der Waals surface area contributed by atoms with E-state index in [4.69, 9.17) is 0 Å². The molecule has 0 bridgehead atoms. The number of nitrogens with one attached hydrogen (secondary N) is 1. The van der Waals surface area contributed by atoms with Crippen LogP contribution in [-0.4, -0.2) is 15.7 Å². The van der Waals surface area contributed by atoms with Crippen molar-refractivity contribution >= 4 is 5.82 Å². The van der Waals surface area contributed by atoms with Gasteiger partial charge in [0.05, 0.1) is 0 Å². The summed E-state index contributed by atoms with van der Waals surface area (Å²) in [5, 5.41) is 9.75. The van der Waals surface area contributed by atoms with Gasteiger partial charge in [0, 0.05) is 5.54 Å². The summed E-state index contributed by atoms with van der Waals surface area (Å²) in [5.41, 5.74) is -1.18. The maximum atomic E-state index is 12.3. The molecule has 1 heterocycles. The number of alkyl halides is 3. The lowest BCUT2D eigenvalue weighted by Gasteiger charge is -2.26. The van der Waals surface area contributed by atoms with Gasteiger partial charge in [0.1, 0.15) is 5.82 Å². The summed E-state index contributed by atoms with van der Waals surface area (Å²) in [6.45, 7) is 5.98. The van der Waals surface area contributed by atoms with Crippen molar-refractivity contribution < 1.29 is 13.2 Å². The summed E-state index contributed by atoms with van der Waals surface area (Å²) in [7, 11) is 0. The zero-order valence-electron chi connectivity index (χ0n) is 10.1. The van der Waals surface area contributed by atoms with Gasteiger partial charge in [0.15, 0.2) is 5.69 Å². The molecule has 0 saturated carbocycles. The molecule has 3 nitrogen and oxygen atoms in total. The molecule has 1 rings (SSSR count). The van der Waals surface area contributed by atoms with E-state index in [1.807, 2.05) is 20.8 Å². The highest BCUT2D eigenvalue weighted by Gasteiger charge is 2.33. The predicted octanol–water partition coefficient (Wildman–Crippen LogP) is 3.49. The molecule has 0 aliphatic heterocycles. The van der Waals surface area contributed by atoms with Gasteiger partial charge in [-0.05, 0) is 32.4 Å². The molecule has 0 saturated heterocycles. The quantitative estimate of drug-likeness (QED) is 0.885. The third-order valence-electron chi connectivity index (χ3n) is 2.30. The summed E-state index contributed by atoms with van der Waals surface area (Å²) in [6.07, 6.45) is -2.56. The lowest BCUT2D eigenvalue weighted by molar-refractivity contribution is -0.141. The lowest BCUT2D eigenvalue weighted by Crippen LogP contribution is -2.31. The van der Waals surface area contributed by atoms with E-state index in [-0.39, 0.29) is 5.54 Å². The molecule has 1 N–H and O–H groups in total. The standard InChI is InChI=1S/C11H16F3N3/c1-4-7-10(2,3)15-9-6-5-8(16-17-9)11(12,13)14/h5-6H,4,7H2,1-3H3,(H,15,17). The second-order valence-electron chi connectivity index (χ2n) is 4.56. The minimum atomic E-state index is -4.44. The number of hydrogen-bond acceptors (Lipinski definition) is 3. The molecule has 0 radical (unpaired) electrons. The van der Waals surface area contributed by atoms with Gasteiger partial charge in [-0.15, -0.1) is 10.2 Å². The first kappa shape index (κ1) is 13.7. The highest BCUT2D eigenvalue weighted by Crippen LogP contribution is 2.27. The number of anilines is 1. The largest absolute Gasteiger partial charge is 0.435 e. The summed E-state index contributed by atoms with van der Waals surface area (Å²) in [4.78, 5) is 0. The number of rotatable bonds is 4. The molecule has 0 unspecified atom stereocenters. The van der Waals surface area contributed by atoms with Crippen LogP contribution in [0.5, 0.6) is 0 Å². The summed E-state index contributed by atoms with van der Waals surface area (Å²) in [6, 6.07) is 2.23. The minimum Gasteiger partial charge on any atom is -0.364 e. The molecule has 0 fully saturated rings. The van der Waals surface area contributed by atoms with Gasteiger partial charge in [-0.3, -0.25) is 0 Å². The van der Waals surface area contributed by atoms with Gasteiger partial charge in [-0.1, -0.05) is 13.3 Å². The lowest BCUT2D eigenvalue weighted by atomic mass is 9.99. The Hall–Kier alpha value is -1.33. The van der Waals surface area contributed by atoms with Gasteiger partial charge in [-0.25, -0.2) is 0 Å². The summed E-state index contributed by atoms with van der Waals surface area (Å²) in [5.74, 6) is 0.358. The van der Waals surface area contributed by atoms with Crippen molar-refractivity contribution in [2.75, 3.05) is 5.32 Å². The van der Waals surface area contributed by atoms with Crippen LogP contribution >= 0.6 is 0 Å². The van der Waals surface area contributed by atoms with E-state index in [2.05, 4.69) is 15.5 Å². The van der Waals surface area contributed by atoms with Gasteiger partial charge in [0.2, 0.25) is 0 Å². The molecule has 17 heavy (non-hydrogen) atoms. The number of nitrogens with zero attached hydrogens (tertiary/aromatic N) is 2. The Labute approximate surface area is 98.4 Å². The molecule has 0 aromatic carbocycles. The Morgan fingerprint density at radius 3 is 2.24 bits per heavy atom. The monoisotopic (exact) mass is 247 g/mol. The summed E-state index contributed by atoms with van der Waals surface area (Å²) >= 11 is 0. The zero-order valence-corrected chi connectivity index (χ0v) is 10.1. The Morgan fingerprint density at radius 2 is 1.82 bits per heavy atom. The van der Waals surface area contributed by atoms with Crippen molar-refractivity contribution in [3.05, 3.63) is 17.8 Å². The van der Waals surface area contributed by atoms with Crippen LogP contribution < -0.4 is 5.32 Å². The molecular weight excluding hydrogens is 231 g/mol.